The molecule has 0 amide bonds. The van der Waals surface area contributed by atoms with Crippen molar-refractivity contribution in [3.8, 4) is 22.8 Å². The van der Waals surface area contributed by atoms with Gasteiger partial charge in [0.25, 0.3) is 0 Å². The summed E-state index contributed by atoms with van der Waals surface area (Å²) in [6, 6.07) is 5.53. The number of rotatable bonds is 3. The Morgan fingerprint density at radius 3 is 2.65 bits per heavy atom. The van der Waals surface area contributed by atoms with Crippen molar-refractivity contribution in [3.05, 3.63) is 29.7 Å². The van der Waals surface area contributed by atoms with Crippen LogP contribution in [0.2, 0.25) is 5.28 Å². The summed E-state index contributed by atoms with van der Waals surface area (Å²) in [5.41, 5.74) is 2.13. The molecule has 2 heterocycles. The van der Waals surface area contributed by atoms with E-state index in [1.54, 1.807) is 20.4 Å². The number of hydrogen-bond donors (Lipinski definition) is 1. The summed E-state index contributed by atoms with van der Waals surface area (Å²) in [6.07, 6.45) is 1.66. The number of H-pyrrole nitrogens is 1. The Balaban J connectivity index is 2.22. The van der Waals surface area contributed by atoms with Crippen LogP contribution >= 0.6 is 11.6 Å². The average Bonchev–Trinajstić information content (AvgIpc) is 2.93. The summed E-state index contributed by atoms with van der Waals surface area (Å²) >= 11 is 5.94. The lowest BCUT2D eigenvalue weighted by Gasteiger charge is -2.09. The van der Waals surface area contributed by atoms with Crippen LogP contribution in [0.1, 0.15) is 0 Å². The van der Waals surface area contributed by atoms with E-state index in [9.17, 15) is 0 Å². The zero-order valence-corrected chi connectivity index (χ0v) is 11.6. The number of nitrogens with zero attached hydrogens (tertiary/aromatic N) is 3. The Morgan fingerprint density at radius 2 is 1.90 bits per heavy atom. The number of aromatic nitrogens is 4. The smallest absolute Gasteiger partial charge is 0.224 e. The maximum Gasteiger partial charge on any atom is 0.224 e. The number of fused-ring (bicyclic) bond motifs is 1. The van der Waals surface area contributed by atoms with Gasteiger partial charge in [-0.3, -0.25) is 5.10 Å². The number of methoxy groups -OCH3 is 2. The molecule has 0 aliphatic heterocycles. The standard InChI is InChI=1S/C13H11ClN4O2/c1-19-9-4-3-7(5-10(9)20-2)11-8-6-15-18-12(8)17-13(14)16-11/h3-6H,1-2H3,(H,15,16,17,18). The molecule has 3 rings (SSSR count). The Bertz CT molecular complexity index is 772. The van der Waals surface area contributed by atoms with E-state index in [4.69, 9.17) is 21.1 Å². The third-order valence-corrected chi connectivity index (χ3v) is 3.11. The highest BCUT2D eigenvalue weighted by atomic mass is 35.5. The third-order valence-electron chi connectivity index (χ3n) is 2.94. The van der Waals surface area contributed by atoms with Gasteiger partial charge in [0.15, 0.2) is 17.1 Å². The van der Waals surface area contributed by atoms with Gasteiger partial charge in [-0.05, 0) is 29.8 Å². The Labute approximate surface area is 119 Å². The number of benzene rings is 1. The first kappa shape index (κ1) is 12.7. The molecule has 20 heavy (non-hydrogen) atoms. The molecule has 0 aliphatic carbocycles. The third kappa shape index (κ3) is 2.04. The molecule has 0 spiro atoms. The van der Waals surface area contributed by atoms with Crippen molar-refractivity contribution >= 4 is 22.6 Å². The summed E-state index contributed by atoms with van der Waals surface area (Å²) in [6.45, 7) is 0. The lowest BCUT2D eigenvalue weighted by Crippen LogP contribution is -1.93. The van der Waals surface area contributed by atoms with Gasteiger partial charge in [0.1, 0.15) is 0 Å². The minimum absolute atomic E-state index is 0.159. The van der Waals surface area contributed by atoms with Crippen LogP contribution in [0.3, 0.4) is 0 Å². The van der Waals surface area contributed by atoms with E-state index in [1.807, 2.05) is 18.2 Å². The van der Waals surface area contributed by atoms with Gasteiger partial charge >= 0.3 is 0 Å². The topological polar surface area (TPSA) is 72.9 Å². The quantitative estimate of drug-likeness (QED) is 0.751. The fourth-order valence-corrected chi connectivity index (χ4v) is 2.18. The first-order chi connectivity index (χ1) is 9.72. The predicted molar refractivity (Wildman–Crippen MR) is 75.2 cm³/mol. The largest absolute Gasteiger partial charge is 0.493 e. The van der Waals surface area contributed by atoms with Gasteiger partial charge < -0.3 is 9.47 Å². The summed E-state index contributed by atoms with van der Waals surface area (Å²) in [4.78, 5) is 8.35. The highest BCUT2D eigenvalue weighted by molar-refractivity contribution is 6.28. The molecule has 0 saturated carbocycles. The van der Waals surface area contributed by atoms with Crippen molar-refractivity contribution in [3.63, 3.8) is 0 Å². The highest BCUT2D eigenvalue weighted by Crippen LogP contribution is 2.34. The summed E-state index contributed by atoms with van der Waals surface area (Å²) in [5.74, 6) is 1.27. The second kappa shape index (κ2) is 4.97. The van der Waals surface area contributed by atoms with Crippen LogP contribution in [-0.2, 0) is 0 Å². The van der Waals surface area contributed by atoms with Crippen LogP contribution in [0.15, 0.2) is 24.4 Å². The van der Waals surface area contributed by atoms with Crippen LogP contribution in [0.25, 0.3) is 22.3 Å². The molecule has 0 aliphatic rings. The van der Waals surface area contributed by atoms with Gasteiger partial charge in [0.2, 0.25) is 5.28 Å². The van der Waals surface area contributed by atoms with Gasteiger partial charge in [0, 0.05) is 5.56 Å². The fourth-order valence-electron chi connectivity index (χ4n) is 2.01. The predicted octanol–water partition coefficient (Wildman–Crippen LogP) is 2.69. The highest BCUT2D eigenvalue weighted by Gasteiger charge is 2.13. The summed E-state index contributed by atoms with van der Waals surface area (Å²) < 4.78 is 10.5. The normalized spacial score (nSPS) is 10.8. The van der Waals surface area contributed by atoms with Crippen LogP contribution in [0.4, 0.5) is 0 Å². The van der Waals surface area contributed by atoms with Gasteiger partial charge in [0.05, 0.1) is 31.5 Å². The molecule has 0 radical (unpaired) electrons. The van der Waals surface area contributed by atoms with E-state index in [-0.39, 0.29) is 5.28 Å². The van der Waals surface area contributed by atoms with Gasteiger partial charge in [-0.1, -0.05) is 0 Å². The molecule has 1 aromatic carbocycles. The van der Waals surface area contributed by atoms with Crippen LogP contribution in [-0.4, -0.2) is 34.4 Å². The fraction of sp³-hybridized carbons (Fsp3) is 0.154. The lowest BCUT2D eigenvalue weighted by atomic mass is 10.1. The molecule has 102 valence electrons. The molecule has 7 heteroatoms. The minimum atomic E-state index is 0.159. The number of aromatic amines is 1. The molecule has 3 aromatic rings. The number of ether oxygens (including phenoxy) is 2. The number of halogens is 1. The van der Waals surface area contributed by atoms with E-state index >= 15 is 0 Å². The molecule has 0 fully saturated rings. The molecular formula is C13H11ClN4O2. The van der Waals surface area contributed by atoms with Crippen molar-refractivity contribution in [1.29, 1.82) is 0 Å². The van der Waals surface area contributed by atoms with Crippen molar-refractivity contribution in [2.75, 3.05) is 14.2 Å². The lowest BCUT2D eigenvalue weighted by molar-refractivity contribution is 0.355. The summed E-state index contributed by atoms with van der Waals surface area (Å²) in [5, 5.41) is 7.69. The van der Waals surface area contributed by atoms with E-state index in [0.29, 0.717) is 22.8 Å². The van der Waals surface area contributed by atoms with Crippen LogP contribution in [0, 0.1) is 0 Å². The van der Waals surface area contributed by atoms with E-state index in [0.717, 1.165) is 10.9 Å². The van der Waals surface area contributed by atoms with E-state index in [2.05, 4.69) is 20.2 Å². The van der Waals surface area contributed by atoms with Crippen molar-refractivity contribution < 1.29 is 9.47 Å². The minimum Gasteiger partial charge on any atom is -0.493 e. The van der Waals surface area contributed by atoms with E-state index < -0.39 is 0 Å². The van der Waals surface area contributed by atoms with Crippen molar-refractivity contribution in [2.45, 2.75) is 0 Å². The zero-order valence-electron chi connectivity index (χ0n) is 10.8. The maximum atomic E-state index is 5.94. The molecule has 6 nitrogen and oxygen atoms in total. The second-order valence-electron chi connectivity index (χ2n) is 4.04. The molecule has 0 atom stereocenters. The van der Waals surface area contributed by atoms with Crippen molar-refractivity contribution in [1.82, 2.24) is 20.2 Å². The molecule has 2 aromatic heterocycles. The maximum absolute atomic E-state index is 5.94. The molecular weight excluding hydrogens is 280 g/mol. The molecule has 0 saturated heterocycles. The first-order valence-electron chi connectivity index (χ1n) is 5.82. The average molecular weight is 291 g/mol. The Hall–Kier alpha value is -2.34. The summed E-state index contributed by atoms with van der Waals surface area (Å²) in [7, 11) is 3.18. The number of hydrogen-bond acceptors (Lipinski definition) is 5. The van der Waals surface area contributed by atoms with Crippen molar-refractivity contribution in [2.24, 2.45) is 0 Å². The number of nitrogens with one attached hydrogen (secondary N) is 1. The van der Waals surface area contributed by atoms with Crippen LogP contribution < -0.4 is 9.47 Å². The SMILES string of the molecule is COc1ccc(-c2nc(Cl)nc3[nH]ncc23)cc1OC. The Kier molecular flexibility index (Phi) is 3.15. The Morgan fingerprint density at radius 1 is 1.10 bits per heavy atom. The van der Waals surface area contributed by atoms with Crippen LogP contribution in [0.5, 0.6) is 11.5 Å². The van der Waals surface area contributed by atoms with E-state index in [1.165, 1.54) is 0 Å². The zero-order chi connectivity index (χ0) is 14.1. The van der Waals surface area contributed by atoms with Gasteiger partial charge in [-0.25, -0.2) is 4.98 Å². The second-order valence-corrected chi connectivity index (χ2v) is 4.38. The molecule has 0 bridgehead atoms. The monoisotopic (exact) mass is 290 g/mol. The van der Waals surface area contributed by atoms with Gasteiger partial charge in [-0.15, -0.1) is 0 Å². The molecule has 1 N–H and O–H groups in total. The molecule has 0 unspecified atom stereocenters. The first-order valence-corrected chi connectivity index (χ1v) is 6.19. The van der Waals surface area contributed by atoms with Gasteiger partial charge in [-0.2, -0.15) is 10.1 Å².